The van der Waals surface area contributed by atoms with E-state index in [-0.39, 0.29) is 13.1 Å². The highest BCUT2D eigenvalue weighted by Crippen LogP contribution is 2.20. The summed E-state index contributed by atoms with van der Waals surface area (Å²) in [5.74, 6) is 1.22. The molecule has 0 amide bonds. The van der Waals surface area contributed by atoms with E-state index >= 15 is 0 Å². The van der Waals surface area contributed by atoms with Crippen molar-refractivity contribution in [2.75, 3.05) is 29.9 Å². The van der Waals surface area contributed by atoms with Crippen molar-refractivity contribution in [2.24, 2.45) is 0 Å². The molecule has 2 aromatic heterocycles. The van der Waals surface area contributed by atoms with Gasteiger partial charge in [0.2, 0.25) is 0 Å². The summed E-state index contributed by atoms with van der Waals surface area (Å²) in [6.07, 6.45) is 5.29. The summed E-state index contributed by atoms with van der Waals surface area (Å²) in [5, 5.41) is 20.8. The minimum absolute atomic E-state index is 0.0959. The molecule has 0 saturated carbocycles. The molecule has 2 heterocycles. The van der Waals surface area contributed by atoms with Crippen LogP contribution in [0.2, 0.25) is 0 Å². The van der Waals surface area contributed by atoms with Crippen LogP contribution in [0.5, 0.6) is 0 Å². The highest BCUT2D eigenvalue weighted by molar-refractivity contribution is 5.67. The van der Waals surface area contributed by atoms with Crippen LogP contribution >= 0.6 is 0 Å². The van der Waals surface area contributed by atoms with Crippen molar-refractivity contribution < 1.29 is 0 Å². The maximum absolute atomic E-state index is 8.85. The largest absolute Gasteiger partial charge is 0.369 e. The van der Waals surface area contributed by atoms with Gasteiger partial charge in [0, 0.05) is 18.9 Å². The zero-order valence-corrected chi connectivity index (χ0v) is 10.5. The Morgan fingerprint density at radius 1 is 1.37 bits per heavy atom. The number of nitrogens with zero attached hydrogens (tertiary/aromatic N) is 6. The van der Waals surface area contributed by atoms with Gasteiger partial charge in [0.15, 0.2) is 11.5 Å². The molecular formula is C12H13N7. The molecular weight excluding hydrogens is 242 g/mol. The van der Waals surface area contributed by atoms with Crippen molar-refractivity contribution in [1.29, 1.82) is 10.5 Å². The van der Waals surface area contributed by atoms with E-state index in [4.69, 9.17) is 10.5 Å². The molecule has 7 nitrogen and oxygen atoms in total. The molecule has 0 aromatic carbocycles. The van der Waals surface area contributed by atoms with Crippen molar-refractivity contribution in [2.45, 2.75) is 6.92 Å². The van der Waals surface area contributed by atoms with Gasteiger partial charge < -0.3 is 14.6 Å². The lowest BCUT2D eigenvalue weighted by atomic mass is 10.4. The number of anilines is 2. The van der Waals surface area contributed by atoms with Crippen molar-refractivity contribution >= 4 is 17.3 Å². The average molecular weight is 255 g/mol. The summed E-state index contributed by atoms with van der Waals surface area (Å²) in [5.41, 5.74) is 0.632. The Bertz CT molecular complexity index is 630. The van der Waals surface area contributed by atoms with Gasteiger partial charge in [-0.2, -0.15) is 10.5 Å². The Morgan fingerprint density at radius 3 is 2.74 bits per heavy atom. The van der Waals surface area contributed by atoms with E-state index in [0.717, 1.165) is 6.54 Å². The fourth-order valence-corrected chi connectivity index (χ4v) is 1.77. The first-order chi connectivity index (χ1) is 9.30. The Hall–Kier alpha value is -2.80. The number of hydrogen-bond acceptors (Lipinski definition) is 6. The molecule has 0 aliphatic heterocycles. The minimum Gasteiger partial charge on any atom is -0.369 e. The van der Waals surface area contributed by atoms with Gasteiger partial charge in [0.05, 0.1) is 18.3 Å². The third-order valence-corrected chi connectivity index (χ3v) is 2.54. The third-order valence-electron chi connectivity index (χ3n) is 2.54. The Morgan fingerprint density at radius 2 is 2.11 bits per heavy atom. The minimum atomic E-state index is 0.0959. The van der Waals surface area contributed by atoms with Gasteiger partial charge in [-0.3, -0.25) is 0 Å². The Kier molecular flexibility index (Phi) is 3.79. The fourth-order valence-electron chi connectivity index (χ4n) is 1.77. The quantitative estimate of drug-likeness (QED) is 0.801. The third kappa shape index (κ3) is 2.55. The summed E-state index contributed by atoms with van der Waals surface area (Å²) in [6.45, 7) is 2.91. The second-order valence-corrected chi connectivity index (χ2v) is 3.81. The molecule has 2 aromatic rings. The lowest BCUT2D eigenvalue weighted by Gasteiger charge is -2.18. The van der Waals surface area contributed by atoms with Crippen LogP contribution in [0.1, 0.15) is 6.92 Å². The topological polar surface area (TPSA) is 93.0 Å². The van der Waals surface area contributed by atoms with Crippen LogP contribution in [-0.2, 0) is 0 Å². The molecule has 2 rings (SSSR count). The highest BCUT2D eigenvalue weighted by atomic mass is 15.2. The van der Waals surface area contributed by atoms with Gasteiger partial charge in [-0.15, -0.1) is 0 Å². The van der Waals surface area contributed by atoms with Crippen LogP contribution < -0.4 is 10.2 Å². The lowest BCUT2D eigenvalue weighted by Crippen LogP contribution is -2.26. The van der Waals surface area contributed by atoms with Crippen molar-refractivity contribution in [1.82, 2.24) is 14.4 Å². The molecule has 0 bridgehead atoms. The number of nitrogens with one attached hydrogen (secondary N) is 1. The smallest absolute Gasteiger partial charge is 0.180 e. The highest BCUT2D eigenvalue weighted by Gasteiger charge is 2.14. The first-order valence-corrected chi connectivity index (χ1v) is 5.86. The van der Waals surface area contributed by atoms with E-state index < -0.39 is 0 Å². The van der Waals surface area contributed by atoms with Gasteiger partial charge in [-0.05, 0) is 6.92 Å². The zero-order chi connectivity index (χ0) is 13.7. The lowest BCUT2D eigenvalue weighted by molar-refractivity contribution is 0.924. The number of nitriles is 2. The molecule has 0 unspecified atom stereocenters. The van der Waals surface area contributed by atoms with E-state index in [1.165, 1.54) is 0 Å². The van der Waals surface area contributed by atoms with Crippen LogP contribution in [0.4, 0.5) is 11.6 Å². The van der Waals surface area contributed by atoms with Gasteiger partial charge in [0.1, 0.15) is 18.9 Å². The van der Waals surface area contributed by atoms with Crippen LogP contribution in [-0.4, -0.2) is 34.0 Å². The predicted molar refractivity (Wildman–Crippen MR) is 70.6 cm³/mol. The van der Waals surface area contributed by atoms with Crippen molar-refractivity contribution in [3.05, 3.63) is 18.6 Å². The summed E-state index contributed by atoms with van der Waals surface area (Å²) in [7, 11) is 0. The first-order valence-electron chi connectivity index (χ1n) is 5.86. The molecule has 0 atom stereocenters. The molecule has 0 aliphatic rings. The average Bonchev–Trinajstić information content (AvgIpc) is 2.86. The molecule has 0 aliphatic carbocycles. The second kappa shape index (κ2) is 5.69. The van der Waals surface area contributed by atoms with E-state index in [0.29, 0.717) is 17.3 Å². The number of fused-ring (bicyclic) bond motifs is 1. The van der Waals surface area contributed by atoms with Gasteiger partial charge in [-0.25, -0.2) is 9.97 Å². The van der Waals surface area contributed by atoms with E-state index in [2.05, 4.69) is 15.3 Å². The Labute approximate surface area is 110 Å². The molecule has 0 saturated heterocycles. The van der Waals surface area contributed by atoms with Crippen LogP contribution in [0, 0.1) is 22.7 Å². The SMILES string of the molecule is CCNc1cn2ccnc2c(N(CC#N)CC#N)n1. The van der Waals surface area contributed by atoms with E-state index in [1.54, 1.807) is 17.3 Å². The molecule has 0 radical (unpaired) electrons. The number of aromatic nitrogens is 3. The summed E-state index contributed by atoms with van der Waals surface area (Å²) in [4.78, 5) is 10.2. The Balaban J connectivity index is 2.52. The first kappa shape index (κ1) is 12.7. The number of rotatable bonds is 5. The van der Waals surface area contributed by atoms with Crippen LogP contribution in [0.25, 0.3) is 5.65 Å². The van der Waals surface area contributed by atoms with Crippen LogP contribution in [0.15, 0.2) is 18.6 Å². The van der Waals surface area contributed by atoms with Crippen molar-refractivity contribution in [3.8, 4) is 12.1 Å². The van der Waals surface area contributed by atoms with Gasteiger partial charge in [0.25, 0.3) is 0 Å². The molecule has 96 valence electrons. The summed E-state index contributed by atoms with van der Waals surface area (Å²) < 4.78 is 1.82. The fraction of sp³-hybridized carbons (Fsp3) is 0.333. The number of hydrogen-bond donors (Lipinski definition) is 1. The standard InChI is InChI=1S/C12H13N7/c1-2-15-10-9-19-8-5-16-11(19)12(17-10)18(6-3-13)7-4-14/h5,8-9,15H,2,6-7H2,1H3. The maximum Gasteiger partial charge on any atom is 0.180 e. The van der Waals surface area contributed by atoms with Gasteiger partial charge >= 0.3 is 0 Å². The van der Waals surface area contributed by atoms with E-state index in [9.17, 15) is 0 Å². The van der Waals surface area contributed by atoms with Gasteiger partial charge in [-0.1, -0.05) is 0 Å². The molecule has 19 heavy (non-hydrogen) atoms. The van der Waals surface area contributed by atoms with E-state index in [1.807, 2.05) is 29.7 Å². The summed E-state index contributed by atoms with van der Waals surface area (Å²) >= 11 is 0. The normalized spacial score (nSPS) is 9.84. The second-order valence-electron chi connectivity index (χ2n) is 3.81. The van der Waals surface area contributed by atoms with Crippen molar-refractivity contribution in [3.63, 3.8) is 0 Å². The molecule has 1 N–H and O–H groups in total. The predicted octanol–water partition coefficient (Wildman–Crippen LogP) is 1.01. The molecule has 0 spiro atoms. The van der Waals surface area contributed by atoms with Crippen LogP contribution in [0.3, 0.4) is 0 Å². The molecule has 7 heteroatoms. The zero-order valence-electron chi connectivity index (χ0n) is 10.5. The monoisotopic (exact) mass is 255 g/mol. The molecule has 0 fully saturated rings. The number of imidazole rings is 1. The summed E-state index contributed by atoms with van der Waals surface area (Å²) in [6, 6.07) is 4.07. The maximum atomic E-state index is 8.85.